The number of esters is 1. The summed E-state index contributed by atoms with van der Waals surface area (Å²) in [5, 5.41) is 9.72. The van der Waals surface area contributed by atoms with Gasteiger partial charge in [-0.05, 0) is 12.5 Å². The van der Waals surface area contributed by atoms with Gasteiger partial charge in [-0.2, -0.15) is 0 Å². The number of hydrogen-bond donors (Lipinski definition) is 1. The molecule has 0 aliphatic heterocycles. The normalized spacial score (nSPS) is 13.9. The van der Waals surface area contributed by atoms with Crippen LogP contribution in [0.15, 0.2) is 43.0 Å². The third-order valence-electron chi connectivity index (χ3n) is 2.19. The average Bonchev–Trinajstić information content (AvgIpc) is 2.27. The van der Waals surface area contributed by atoms with Gasteiger partial charge in [-0.25, -0.2) is 4.79 Å². The van der Waals surface area contributed by atoms with Crippen molar-refractivity contribution in [1.29, 1.82) is 0 Å². The molecule has 1 N–H and O–H groups in total. The van der Waals surface area contributed by atoms with Gasteiger partial charge in [0.15, 0.2) is 5.60 Å². The summed E-state index contributed by atoms with van der Waals surface area (Å²) in [7, 11) is 0. The van der Waals surface area contributed by atoms with Crippen molar-refractivity contribution in [2.45, 2.75) is 25.6 Å². The topological polar surface area (TPSA) is 46.5 Å². The Balaban J connectivity index is 2.50. The first kappa shape index (κ1) is 12.5. The molecule has 0 aromatic heterocycles. The highest BCUT2D eigenvalue weighted by Gasteiger charge is 2.30. The van der Waals surface area contributed by atoms with E-state index >= 15 is 0 Å². The first-order chi connectivity index (χ1) is 7.56. The molecule has 0 aliphatic rings. The van der Waals surface area contributed by atoms with Crippen LogP contribution in [0.4, 0.5) is 0 Å². The van der Waals surface area contributed by atoms with E-state index in [1.165, 1.54) is 13.0 Å². The molecule has 0 unspecified atom stereocenters. The molecule has 1 rings (SSSR count). The molecule has 0 saturated carbocycles. The van der Waals surface area contributed by atoms with Gasteiger partial charge >= 0.3 is 5.97 Å². The zero-order valence-corrected chi connectivity index (χ0v) is 9.35. The van der Waals surface area contributed by atoms with E-state index in [-0.39, 0.29) is 13.0 Å². The summed E-state index contributed by atoms with van der Waals surface area (Å²) < 4.78 is 5.01. The fourth-order valence-electron chi connectivity index (χ4n) is 1.24. The molecule has 86 valence electrons. The van der Waals surface area contributed by atoms with Crippen LogP contribution in [0.25, 0.3) is 0 Å². The number of hydrogen-bond acceptors (Lipinski definition) is 3. The van der Waals surface area contributed by atoms with Crippen LogP contribution in [0, 0.1) is 0 Å². The molecule has 0 spiro atoms. The predicted octanol–water partition coefficient (Wildman–Crippen LogP) is 2.06. The van der Waals surface area contributed by atoms with E-state index in [0.29, 0.717) is 0 Å². The Bertz CT molecular complexity index is 355. The van der Waals surface area contributed by atoms with E-state index in [1.807, 2.05) is 30.3 Å². The minimum absolute atomic E-state index is 0.174. The third-order valence-corrected chi connectivity index (χ3v) is 2.19. The summed E-state index contributed by atoms with van der Waals surface area (Å²) in [6.07, 6.45) is 1.67. The first-order valence-corrected chi connectivity index (χ1v) is 5.10. The molecule has 0 heterocycles. The second-order valence-electron chi connectivity index (χ2n) is 3.83. The molecule has 1 aromatic carbocycles. The number of benzene rings is 1. The molecule has 0 saturated heterocycles. The van der Waals surface area contributed by atoms with E-state index in [4.69, 9.17) is 4.74 Å². The van der Waals surface area contributed by atoms with Gasteiger partial charge < -0.3 is 9.84 Å². The molecular weight excluding hydrogens is 204 g/mol. The summed E-state index contributed by atoms with van der Waals surface area (Å²) >= 11 is 0. The lowest BCUT2D eigenvalue weighted by molar-refractivity contribution is -0.164. The number of carbonyl (C=O) groups is 1. The highest BCUT2D eigenvalue weighted by atomic mass is 16.5. The fraction of sp³-hybridized carbons (Fsp3) is 0.308. The van der Waals surface area contributed by atoms with Crippen LogP contribution in [-0.4, -0.2) is 16.7 Å². The van der Waals surface area contributed by atoms with Crippen LogP contribution >= 0.6 is 0 Å². The van der Waals surface area contributed by atoms with Gasteiger partial charge in [0.1, 0.15) is 6.61 Å². The lowest BCUT2D eigenvalue weighted by atomic mass is 10.0. The smallest absolute Gasteiger partial charge is 0.338 e. The average molecular weight is 220 g/mol. The van der Waals surface area contributed by atoms with Crippen molar-refractivity contribution >= 4 is 5.97 Å². The van der Waals surface area contributed by atoms with Crippen molar-refractivity contribution in [3.05, 3.63) is 48.6 Å². The van der Waals surface area contributed by atoms with Gasteiger partial charge in [-0.15, -0.1) is 6.58 Å². The van der Waals surface area contributed by atoms with Gasteiger partial charge in [-0.3, -0.25) is 0 Å². The monoisotopic (exact) mass is 220 g/mol. The van der Waals surface area contributed by atoms with Gasteiger partial charge in [0.2, 0.25) is 0 Å². The molecule has 0 bridgehead atoms. The molecule has 3 heteroatoms. The summed E-state index contributed by atoms with van der Waals surface area (Å²) in [6, 6.07) is 9.33. The van der Waals surface area contributed by atoms with Crippen molar-refractivity contribution in [3.8, 4) is 0 Å². The number of carbonyl (C=O) groups excluding carboxylic acids is 1. The Kier molecular flexibility index (Phi) is 4.26. The van der Waals surface area contributed by atoms with E-state index in [1.54, 1.807) is 0 Å². The van der Waals surface area contributed by atoms with E-state index in [9.17, 15) is 9.90 Å². The Hall–Kier alpha value is -1.61. The summed E-state index contributed by atoms with van der Waals surface area (Å²) in [4.78, 5) is 11.5. The molecule has 0 amide bonds. The predicted molar refractivity (Wildman–Crippen MR) is 61.7 cm³/mol. The molecular formula is C13H16O3. The Morgan fingerprint density at radius 2 is 2.12 bits per heavy atom. The Morgan fingerprint density at radius 3 is 2.69 bits per heavy atom. The molecule has 0 fully saturated rings. The van der Waals surface area contributed by atoms with Crippen molar-refractivity contribution < 1.29 is 14.6 Å². The zero-order valence-electron chi connectivity index (χ0n) is 9.35. The van der Waals surface area contributed by atoms with Crippen LogP contribution in [0.3, 0.4) is 0 Å². The third kappa shape index (κ3) is 3.51. The minimum atomic E-state index is -1.49. The fourth-order valence-corrected chi connectivity index (χ4v) is 1.24. The molecule has 0 aliphatic carbocycles. The molecule has 0 radical (unpaired) electrons. The maximum atomic E-state index is 11.5. The van der Waals surface area contributed by atoms with E-state index < -0.39 is 11.6 Å². The maximum absolute atomic E-state index is 11.5. The van der Waals surface area contributed by atoms with Crippen molar-refractivity contribution in [2.24, 2.45) is 0 Å². The lowest BCUT2D eigenvalue weighted by Crippen LogP contribution is -2.36. The van der Waals surface area contributed by atoms with Crippen molar-refractivity contribution in [2.75, 3.05) is 0 Å². The minimum Gasteiger partial charge on any atom is -0.459 e. The van der Waals surface area contributed by atoms with Crippen LogP contribution < -0.4 is 0 Å². The highest BCUT2D eigenvalue weighted by molar-refractivity contribution is 5.78. The van der Waals surface area contributed by atoms with Gasteiger partial charge in [0.25, 0.3) is 0 Å². The van der Waals surface area contributed by atoms with E-state index in [0.717, 1.165) is 5.56 Å². The summed E-state index contributed by atoms with van der Waals surface area (Å²) in [5.74, 6) is -0.628. The Morgan fingerprint density at radius 1 is 1.50 bits per heavy atom. The second-order valence-corrected chi connectivity index (χ2v) is 3.83. The van der Waals surface area contributed by atoms with Crippen molar-refractivity contribution in [1.82, 2.24) is 0 Å². The molecule has 16 heavy (non-hydrogen) atoms. The van der Waals surface area contributed by atoms with Crippen LogP contribution in [0.2, 0.25) is 0 Å². The SMILES string of the molecule is C=CC[C@](C)(O)C(=O)OCc1ccccc1. The highest BCUT2D eigenvalue weighted by Crippen LogP contribution is 2.13. The van der Waals surface area contributed by atoms with E-state index in [2.05, 4.69) is 6.58 Å². The molecule has 3 nitrogen and oxygen atoms in total. The van der Waals surface area contributed by atoms with Crippen LogP contribution in [0.1, 0.15) is 18.9 Å². The maximum Gasteiger partial charge on any atom is 0.338 e. The summed E-state index contributed by atoms with van der Waals surface area (Å²) in [6.45, 7) is 5.07. The quantitative estimate of drug-likeness (QED) is 0.610. The van der Waals surface area contributed by atoms with Crippen LogP contribution in [0.5, 0.6) is 0 Å². The van der Waals surface area contributed by atoms with Crippen LogP contribution in [-0.2, 0) is 16.1 Å². The second kappa shape index (κ2) is 5.47. The first-order valence-electron chi connectivity index (χ1n) is 5.10. The number of rotatable bonds is 5. The van der Waals surface area contributed by atoms with Gasteiger partial charge in [0.05, 0.1) is 0 Å². The number of ether oxygens (including phenoxy) is 1. The van der Waals surface area contributed by atoms with Crippen molar-refractivity contribution in [3.63, 3.8) is 0 Å². The number of aliphatic hydroxyl groups is 1. The molecule has 1 atom stereocenters. The van der Waals surface area contributed by atoms with Gasteiger partial charge in [-0.1, -0.05) is 36.4 Å². The van der Waals surface area contributed by atoms with Gasteiger partial charge in [0, 0.05) is 6.42 Å². The largest absolute Gasteiger partial charge is 0.459 e. The lowest BCUT2D eigenvalue weighted by Gasteiger charge is -2.19. The standard InChI is InChI=1S/C13H16O3/c1-3-9-13(2,15)12(14)16-10-11-7-5-4-6-8-11/h3-8,15H,1,9-10H2,2H3/t13-/m0/s1. The molecule has 1 aromatic rings. The Labute approximate surface area is 95.4 Å². The zero-order chi connectivity index (χ0) is 12.0. The summed E-state index contributed by atoms with van der Waals surface area (Å²) in [5.41, 5.74) is -0.596.